The average molecular weight is 324 g/mol. The molecule has 0 aliphatic carbocycles. The number of hydrogen-bond donors (Lipinski definition) is 1. The van der Waals surface area contributed by atoms with Crippen molar-refractivity contribution in [2.75, 3.05) is 0 Å². The van der Waals surface area contributed by atoms with Crippen molar-refractivity contribution in [3.63, 3.8) is 0 Å². The number of carboxylic acid groups (broad SMARTS) is 1. The van der Waals surface area contributed by atoms with E-state index in [9.17, 15) is 4.79 Å². The largest absolute Gasteiger partial charge is 0.489 e. The summed E-state index contributed by atoms with van der Waals surface area (Å²) in [7, 11) is 0. The Morgan fingerprint density at radius 2 is 1.92 bits per heavy atom. The number of aliphatic carboxylic acids is 1. The molecule has 1 unspecified atom stereocenters. The molecular formula is C21H24O3. The van der Waals surface area contributed by atoms with Gasteiger partial charge in [0.05, 0.1) is 6.42 Å². The Labute approximate surface area is 143 Å². The van der Waals surface area contributed by atoms with Crippen LogP contribution in [0.2, 0.25) is 0 Å². The highest BCUT2D eigenvalue weighted by Crippen LogP contribution is 2.27. The van der Waals surface area contributed by atoms with Crippen molar-refractivity contribution in [3.05, 3.63) is 76.9 Å². The standard InChI is InChI=1S/C21H24O3/c1-4-7-17(13-21(22)23)18-10-11-20(16(3)12-18)24-14-19-9-6-5-8-15(19)2/h4-12,17H,13-14H2,1-3H3,(H,22,23)/b7-4+. The third-order valence-corrected chi connectivity index (χ3v) is 4.09. The Kier molecular flexibility index (Phi) is 6.19. The van der Waals surface area contributed by atoms with Crippen molar-refractivity contribution < 1.29 is 14.6 Å². The Morgan fingerprint density at radius 1 is 1.17 bits per heavy atom. The first-order valence-corrected chi connectivity index (χ1v) is 8.13. The summed E-state index contributed by atoms with van der Waals surface area (Å²) in [5.74, 6) is -0.0798. The number of benzene rings is 2. The predicted molar refractivity (Wildman–Crippen MR) is 96.5 cm³/mol. The van der Waals surface area contributed by atoms with E-state index >= 15 is 0 Å². The van der Waals surface area contributed by atoms with Crippen molar-refractivity contribution in [3.8, 4) is 5.75 Å². The molecule has 24 heavy (non-hydrogen) atoms. The molecule has 3 nitrogen and oxygen atoms in total. The van der Waals surface area contributed by atoms with Gasteiger partial charge in [0, 0.05) is 5.92 Å². The Balaban J connectivity index is 2.14. The fourth-order valence-corrected chi connectivity index (χ4v) is 2.71. The van der Waals surface area contributed by atoms with Crippen molar-refractivity contribution in [1.82, 2.24) is 0 Å². The van der Waals surface area contributed by atoms with E-state index in [1.807, 2.05) is 56.3 Å². The molecule has 3 heteroatoms. The number of carbonyl (C=O) groups is 1. The normalized spacial score (nSPS) is 12.3. The number of allylic oxidation sites excluding steroid dienone is 2. The van der Waals surface area contributed by atoms with E-state index in [2.05, 4.69) is 19.1 Å². The highest BCUT2D eigenvalue weighted by atomic mass is 16.5. The van der Waals surface area contributed by atoms with Crippen molar-refractivity contribution in [1.29, 1.82) is 0 Å². The molecule has 0 radical (unpaired) electrons. The van der Waals surface area contributed by atoms with Gasteiger partial charge in [0.2, 0.25) is 0 Å². The van der Waals surface area contributed by atoms with Crippen LogP contribution in [0, 0.1) is 13.8 Å². The summed E-state index contributed by atoms with van der Waals surface area (Å²) >= 11 is 0. The van der Waals surface area contributed by atoms with E-state index in [0.717, 1.165) is 16.9 Å². The molecule has 2 rings (SSSR count). The number of hydrogen-bond acceptors (Lipinski definition) is 2. The van der Waals surface area contributed by atoms with Crippen LogP contribution in [0.3, 0.4) is 0 Å². The van der Waals surface area contributed by atoms with E-state index in [0.29, 0.717) is 6.61 Å². The van der Waals surface area contributed by atoms with Crippen molar-refractivity contribution in [2.24, 2.45) is 0 Å². The molecule has 1 N–H and O–H groups in total. The summed E-state index contributed by atoms with van der Waals surface area (Å²) in [6.45, 7) is 6.49. The monoisotopic (exact) mass is 324 g/mol. The van der Waals surface area contributed by atoms with Crippen molar-refractivity contribution >= 4 is 5.97 Å². The first-order chi connectivity index (χ1) is 11.5. The van der Waals surface area contributed by atoms with Gasteiger partial charge >= 0.3 is 5.97 Å². The number of rotatable bonds is 7. The minimum Gasteiger partial charge on any atom is -0.489 e. The zero-order valence-electron chi connectivity index (χ0n) is 14.5. The van der Waals surface area contributed by atoms with Crippen LogP contribution < -0.4 is 4.74 Å². The van der Waals surface area contributed by atoms with Crippen LogP contribution in [-0.4, -0.2) is 11.1 Å². The van der Waals surface area contributed by atoms with Gasteiger partial charge in [-0.15, -0.1) is 0 Å². The van der Waals surface area contributed by atoms with Gasteiger partial charge in [-0.25, -0.2) is 0 Å². The third-order valence-electron chi connectivity index (χ3n) is 4.09. The molecule has 0 heterocycles. The number of ether oxygens (including phenoxy) is 1. The molecule has 2 aromatic rings. The number of carboxylic acids is 1. The summed E-state index contributed by atoms with van der Waals surface area (Å²) in [5, 5.41) is 9.07. The molecule has 0 saturated carbocycles. The van der Waals surface area contributed by atoms with Crippen LogP contribution in [0.4, 0.5) is 0 Å². The van der Waals surface area contributed by atoms with E-state index in [1.54, 1.807) is 0 Å². The fraction of sp³-hybridized carbons (Fsp3) is 0.286. The highest BCUT2D eigenvalue weighted by molar-refractivity contribution is 5.68. The molecule has 0 aliphatic rings. The van der Waals surface area contributed by atoms with Gasteiger partial charge in [-0.05, 0) is 49.1 Å². The van der Waals surface area contributed by atoms with Gasteiger partial charge in [-0.2, -0.15) is 0 Å². The van der Waals surface area contributed by atoms with Gasteiger partial charge in [0.25, 0.3) is 0 Å². The molecule has 1 atom stereocenters. The minimum atomic E-state index is -0.796. The summed E-state index contributed by atoms with van der Waals surface area (Å²) in [4.78, 5) is 11.0. The second-order valence-corrected chi connectivity index (χ2v) is 5.97. The molecule has 0 saturated heterocycles. The zero-order valence-corrected chi connectivity index (χ0v) is 14.5. The first-order valence-electron chi connectivity index (χ1n) is 8.13. The highest BCUT2D eigenvalue weighted by Gasteiger charge is 2.14. The van der Waals surface area contributed by atoms with Crippen LogP contribution in [-0.2, 0) is 11.4 Å². The van der Waals surface area contributed by atoms with Gasteiger partial charge in [0.15, 0.2) is 0 Å². The zero-order chi connectivity index (χ0) is 17.5. The lowest BCUT2D eigenvalue weighted by atomic mass is 9.94. The van der Waals surface area contributed by atoms with Gasteiger partial charge in [-0.1, -0.05) is 48.6 Å². The molecular weight excluding hydrogens is 300 g/mol. The lowest BCUT2D eigenvalue weighted by Crippen LogP contribution is -2.05. The first kappa shape index (κ1) is 17.8. The van der Waals surface area contributed by atoms with Crippen LogP contribution in [0.15, 0.2) is 54.6 Å². The molecule has 0 amide bonds. The second-order valence-electron chi connectivity index (χ2n) is 5.97. The summed E-state index contributed by atoms with van der Waals surface area (Å²) in [5.41, 5.74) is 4.39. The molecule has 0 spiro atoms. The molecule has 2 aromatic carbocycles. The molecule has 0 aliphatic heterocycles. The maximum Gasteiger partial charge on any atom is 0.304 e. The van der Waals surface area contributed by atoms with Gasteiger partial charge in [-0.3, -0.25) is 4.79 Å². The Bertz CT molecular complexity index is 732. The topological polar surface area (TPSA) is 46.5 Å². The Hall–Kier alpha value is -2.55. The van der Waals surface area contributed by atoms with E-state index < -0.39 is 5.97 Å². The molecule has 126 valence electrons. The summed E-state index contributed by atoms with van der Waals surface area (Å²) < 4.78 is 5.95. The molecule has 0 fully saturated rings. The van der Waals surface area contributed by atoms with E-state index in [-0.39, 0.29) is 12.3 Å². The summed E-state index contributed by atoms with van der Waals surface area (Å²) in [6, 6.07) is 14.1. The van der Waals surface area contributed by atoms with Crippen LogP contribution in [0.5, 0.6) is 5.75 Å². The lowest BCUT2D eigenvalue weighted by molar-refractivity contribution is -0.137. The predicted octanol–water partition coefficient (Wildman–Crippen LogP) is 5.02. The third kappa shape index (κ3) is 4.72. The smallest absolute Gasteiger partial charge is 0.304 e. The number of aryl methyl sites for hydroxylation is 2. The van der Waals surface area contributed by atoms with Gasteiger partial charge in [0.1, 0.15) is 12.4 Å². The van der Waals surface area contributed by atoms with Crippen LogP contribution in [0.1, 0.15) is 41.5 Å². The van der Waals surface area contributed by atoms with Gasteiger partial charge < -0.3 is 9.84 Å². The molecule has 0 bridgehead atoms. The summed E-state index contributed by atoms with van der Waals surface area (Å²) in [6.07, 6.45) is 3.91. The lowest BCUT2D eigenvalue weighted by Gasteiger charge is -2.15. The van der Waals surface area contributed by atoms with E-state index in [4.69, 9.17) is 9.84 Å². The average Bonchev–Trinajstić information content (AvgIpc) is 2.54. The van der Waals surface area contributed by atoms with E-state index in [1.165, 1.54) is 11.1 Å². The van der Waals surface area contributed by atoms with Crippen LogP contribution >= 0.6 is 0 Å². The second kappa shape index (κ2) is 8.34. The maximum atomic E-state index is 11.0. The Morgan fingerprint density at radius 3 is 2.54 bits per heavy atom. The SMILES string of the molecule is C/C=C/C(CC(=O)O)c1ccc(OCc2ccccc2C)c(C)c1. The quantitative estimate of drug-likeness (QED) is 0.728. The minimum absolute atomic E-state index is 0.0905. The fourth-order valence-electron chi connectivity index (χ4n) is 2.71. The maximum absolute atomic E-state index is 11.0. The molecule has 0 aromatic heterocycles. The van der Waals surface area contributed by atoms with Crippen molar-refractivity contribution in [2.45, 2.75) is 39.7 Å². The van der Waals surface area contributed by atoms with Crippen LogP contribution in [0.25, 0.3) is 0 Å².